The Morgan fingerprint density at radius 3 is 1.47 bits per heavy atom. The number of fused-ring (bicyclic) bond motifs is 3. The molecule has 1 aromatic heterocycles. The molecule has 5 heteroatoms. The van der Waals surface area contributed by atoms with Crippen molar-refractivity contribution in [1.29, 1.82) is 0 Å². The molecule has 0 fully saturated rings. The van der Waals surface area contributed by atoms with Crippen molar-refractivity contribution in [1.82, 2.24) is 14.4 Å². The highest BCUT2D eigenvalue weighted by Gasteiger charge is 2.40. The van der Waals surface area contributed by atoms with Crippen molar-refractivity contribution >= 4 is 0 Å². The van der Waals surface area contributed by atoms with Gasteiger partial charge in [0.2, 0.25) is 0 Å². The van der Waals surface area contributed by atoms with Gasteiger partial charge in [0.05, 0.1) is 12.1 Å². The van der Waals surface area contributed by atoms with Gasteiger partial charge in [-0.3, -0.25) is 9.80 Å². The zero-order chi connectivity index (χ0) is 21.0. The lowest BCUT2D eigenvalue weighted by Crippen LogP contribution is -2.37. The highest BCUT2D eigenvalue weighted by molar-refractivity contribution is 5.52. The third-order valence-electron chi connectivity index (χ3n) is 6.95. The molecule has 0 spiro atoms. The molecule has 30 heavy (non-hydrogen) atoms. The molecule has 3 aromatic rings. The van der Waals surface area contributed by atoms with Crippen molar-refractivity contribution < 1.29 is 8.78 Å². The minimum Gasteiger partial charge on any atom is -0.351 e. The summed E-state index contributed by atoms with van der Waals surface area (Å²) in [5.74, 6) is -0.377. The molecule has 2 aliphatic heterocycles. The maximum atomic E-state index is 14.9. The van der Waals surface area contributed by atoms with Crippen LogP contribution >= 0.6 is 0 Å². The van der Waals surface area contributed by atoms with Crippen molar-refractivity contribution in [2.75, 3.05) is 27.2 Å². The lowest BCUT2D eigenvalue weighted by Gasteiger charge is -2.38. The Bertz CT molecular complexity index is 1020. The minimum atomic E-state index is -0.189. The summed E-state index contributed by atoms with van der Waals surface area (Å²) < 4.78 is 32.2. The zero-order valence-electron chi connectivity index (χ0n) is 17.7. The number of hydrogen-bond donors (Lipinski definition) is 0. The second-order valence-electron chi connectivity index (χ2n) is 8.59. The van der Waals surface area contributed by atoms with Gasteiger partial charge in [-0.05, 0) is 26.2 Å². The van der Waals surface area contributed by atoms with Gasteiger partial charge in [0.1, 0.15) is 11.6 Å². The molecular weight excluding hydrogens is 380 g/mol. The molecule has 0 amide bonds. The Hall–Kier alpha value is -2.50. The first-order valence-electron chi connectivity index (χ1n) is 10.6. The summed E-state index contributed by atoms with van der Waals surface area (Å²) in [6.07, 6.45) is 1.82. The maximum Gasteiger partial charge on any atom is 0.128 e. The van der Waals surface area contributed by atoms with E-state index in [2.05, 4.69) is 35.5 Å². The average Bonchev–Trinajstić information content (AvgIpc) is 3.02. The zero-order valence-corrected chi connectivity index (χ0v) is 17.7. The molecule has 2 atom stereocenters. The Balaban J connectivity index is 1.79. The summed E-state index contributed by atoms with van der Waals surface area (Å²) in [5.41, 5.74) is 6.20. The van der Waals surface area contributed by atoms with Crippen LogP contribution in [0.4, 0.5) is 8.78 Å². The van der Waals surface area contributed by atoms with Gasteiger partial charge in [-0.2, -0.15) is 0 Å². The molecule has 156 valence electrons. The summed E-state index contributed by atoms with van der Waals surface area (Å²) in [7, 11) is 6.24. The number of aromatic nitrogens is 1. The monoisotopic (exact) mass is 407 g/mol. The number of halogens is 2. The van der Waals surface area contributed by atoms with Crippen LogP contribution in [0, 0.1) is 11.6 Å². The standard InChI is InChI=1S/C25H27F2N3/c1-28-14-12-20-22(24(28)16-8-4-6-10-18(16)26)23-21(30(20)3)13-15-29(2)25(23)17-9-5-7-11-19(17)27/h4-11,24-25H,12-15H2,1-3H3/t24-,25+. The third-order valence-corrected chi connectivity index (χ3v) is 6.95. The molecule has 0 aliphatic carbocycles. The van der Waals surface area contributed by atoms with Crippen molar-refractivity contribution in [3.63, 3.8) is 0 Å². The van der Waals surface area contributed by atoms with E-state index in [1.807, 2.05) is 24.3 Å². The Morgan fingerprint density at radius 1 is 0.667 bits per heavy atom. The lowest BCUT2D eigenvalue weighted by molar-refractivity contribution is 0.240. The van der Waals surface area contributed by atoms with Gasteiger partial charge in [0, 0.05) is 66.6 Å². The first kappa shape index (κ1) is 19.5. The largest absolute Gasteiger partial charge is 0.351 e. The van der Waals surface area contributed by atoms with Crippen LogP contribution in [0.3, 0.4) is 0 Å². The van der Waals surface area contributed by atoms with E-state index in [4.69, 9.17) is 0 Å². The fourth-order valence-corrected chi connectivity index (χ4v) is 5.49. The smallest absolute Gasteiger partial charge is 0.128 e. The minimum absolute atomic E-state index is 0.175. The van der Waals surface area contributed by atoms with E-state index < -0.39 is 0 Å². The molecule has 3 heterocycles. The number of nitrogens with zero attached hydrogens (tertiary/aromatic N) is 3. The van der Waals surface area contributed by atoms with E-state index >= 15 is 0 Å². The molecule has 5 rings (SSSR count). The van der Waals surface area contributed by atoms with Crippen LogP contribution in [0.1, 0.15) is 45.7 Å². The molecular formula is C25H27F2N3. The van der Waals surface area contributed by atoms with Crippen LogP contribution in [0.25, 0.3) is 0 Å². The van der Waals surface area contributed by atoms with Gasteiger partial charge in [0.15, 0.2) is 0 Å². The van der Waals surface area contributed by atoms with Crippen molar-refractivity contribution in [2.45, 2.75) is 24.9 Å². The Labute approximate surface area is 176 Å². The van der Waals surface area contributed by atoms with E-state index in [-0.39, 0.29) is 23.7 Å². The van der Waals surface area contributed by atoms with Gasteiger partial charge in [-0.15, -0.1) is 0 Å². The fraction of sp³-hybridized carbons (Fsp3) is 0.360. The molecule has 0 saturated heterocycles. The third kappa shape index (κ3) is 2.83. The molecule has 0 bridgehead atoms. The summed E-state index contributed by atoms with van der Waals surface area (Å²) in [5, 5.41) is 0. The van der Waals surface area contributed by atoms with Crippen molar-refractivity contribution in [2.24, 2.45) is 7.05 Å². The van der Waals surface area contributed by atoms with Crippen molar-refractivity contribution in [3.05, 3.63) is 93.8 Å². The van der Waals surface area contributed by atoms with Gasteiger partial charge >= 0.3 is 0 Å². The normalized spacial score (nSPS) is 22.0. The van der Waals surface area contributed by atoms with E-state index in [1.54, 1.807) is 12.1 Å². The summed E-state index contributed by atoms with van der Waals surface area (Å²) >= 11 is 0. The van der Waals surface area contributed by atoms with Gasteiger partial charge in [-0.25, -0.2) is 8.78 Å². The van der Waals surface area contributed by atoms with E-state index in [9.17, 15) is 8.78 Å². The summed E-state index contributed by atoms with van der Waals surface area (Å²) in [6.45, 7) is 1.73. The lowest BCUT2D eigenvalue weighted by atomic mass is 9.83. The summed E-state index contributed by atoms with van der Waals surface area (Å²) in [6, 6.07) is 13.8. The number of likely N-dealkylation sites (N-methyl/N-ethyl adjacent to an activating group) is 2. The first-order valence-corrected chi connectivity index (χ1v) is 10.6. The topological polar surface area (TPSA) is 11.4 Å². The molecule has 0 radical (unpaired) electrons. The second-order valence-corrected chi connectivity index (χ2v) is 8.59. The predicted octanol–water partition coefficient (Wildman–Crippen LogP) is 4.46. The molecule has 0 saturated carbocycles. The quantitative estimate of drug-likeness (QED) is 0.622. The maximum absolute atomic E-state index is 14.9. The van der Waals surface area contributed by atoms with Crippen LogP contribution < -0.4 is 0 Å². The SMILES string of the molecule is CN1CCc2c(c3c(n2C)CCN(C)[C@H]3c2ccccc2F)[C@H]1c1ccccc1F. The van der Waals surface area contributed by atoms with Gasteiger partial charge in [-0.1, -0.05) is 36.4 Å². The summed E-state index contributed by atoms with van der Waals surface area (Å²) in [4.78, 5) is 4.46. The van der Waals surface area contributed by atoms with E-state index in [0.717, 1.165) is 37.1 Å². The van der Waals surface area contributed by atoms with Gasteiger partial charge in [0.25, 0.3) is 0 Å². The van der Waals surface area contributed by atoms with Crippen LogP contribution in [0.5, 0.6) is 0 Å². The van der Waals surface area contributed by atoms with E-state index in [1.165, 1.54) is 23.5 Å². The van der Waals surface area contributed by atoms with Crippen LogP contribution in [0.2, 0.25) is 0 Å². The first-order chi connectivity index (χ1) is 14.5. The number of benzene rings is 2. The Kier molecular flexibility index (Phi) is 4.75. The molecule has 0 N–H and O–H groups in total. The van der Waals surface area contributed by atoms with Crippen LogP contribution in [-0.2, 0) is 19.9 Å². The molecule has 2 aromatic carbocycles. The number of rotatable bonds is 2. The van der Waals surface area contributed by atoms with Crippen molar-refractivity contribution in [3.8, 4) is 0 Å². The fourth-order valence-electron chi connectivity index (χ4n) is 5.49. The van der Waals surface area contributed by atoms with Crippen LogP contribution in [0.15, 0.2) is 48.5 Å². The molecule has 0 unspecified atom stereocenters. The predicted molar refractivity (Wildman–Crippen MR) is 115 cm³/mol. The van der Waals surface area contributed by atoms with Gasteiger partial charge < -0.3 is 4.57 Å². The molecule has 2 aliphatic rings. The van der Waals surface area contributed by atoms with Crippen LogP contribution in [-0.4, -0.2) is 41.6 Å². The highest BCUT2D eigenvalue weighted by atomic mass is 19.1. The average molecular weight is 408 g/mol. The molecule has 3 nitrogen and oxygen atoms in total. The van der Waals surface area contributed by atoms with E-state index in [0.29, 0.717) is 11.1 Å². The second kappa shape index (κ2) is 7.33. The number of hydrogen-bond acceptors (Lipinski definition) is 2. The highest BCUT2D eigenvalue weighted by Crippen LogP contribution is 2.47. The Morgan fingerprint density at radius 2 is 1.07 bits per heavy atom.